The molecule has 0 saturated heterocycles. The first-order valence-corrected chi connectivity index (χ1v) is 5.59. The van der Waals surface area contributed by atoms with Crippen molar-refractivity contribution in [2.24, 2.45) is 5.73 Å². The summed E-state index contributed by atoms with van der Waals surface area (Å²) in [5.41, 5.74) is 7.88. The Hall–Kier alpha value is -0.500. The van der Waals surface area contributed by atoms with E-state index in [0.29, 0.717) is 16.6 Å². The van der Waals surface area contributed by atoms with E-state index in [1.165, 1.54) is 0 Å². The van der Waals surface area contributed by atoms with Gasteiger partial charge in [-0.15, -0.1) is 6.58 Å². The van der Waals surface area contributed by atoms with Crippen LogP contribution in [0, 0.1) is 0 Å². The number of hydrogen-bond acceptors (Lipinski definition) is 1. The van der Waals surface area contributed by atoms with Gasteiger partial charge in [0.15, 0.2) is 0 Å². The Morgan fingerprint density at radius 1 is 1.47 bits per heavy atom. The van der Waals surface area contributed by atoms with Crippen LogP contribution >= 0.6 is 23.2 Å². The molecule has 0 fully saturated rings. The lowest BCUT2D eigenvalue weighted by molar-refractivity contribution is 0.691. The zero-order valence-electron chi connectivity index (χ0n) is 8.76. The number of rotatable bonds is 4. The van der Waals surface area contributed by atoms with E-state index < -0.39 is 0 Å². The second kappa shape index (κ2) is 5.55. The van der Waals surface area contributed by atoms with Crippen LogP contribution in [0.15, 0.2) is 30.4 Å². The Morgan fingerprint density at radius 2 is 2.13 bits per heavy atom. The van der Waals surface area contributed by atoms with Crippen LogP contribution in [0.1, 0.15) is 24.8 Å². The molecule has 1 atom stereocenters. The summed E-state index contributed by atoms with van der Waals surface area (Å²) in [6.07, 6.45) is 0.859. The first kappa shape index (κ1) is 12.6. The van der Waals surface area contributed by atoms with Gasteiger partial charge < -0.3 is 5.73 Å². The Morgan fingerprint density at radius 3 is 2.60 bits per heavy atom. The maximum absolute atomic E-state index is 6.12. The number of nitrogens with two attached hydrogens (primary N) is 1. The Kier molecular flexibility index (Phi) is 4.65. The summed E-state index contributed by atoms with van der Waals surface area (Å²) in [6.45, 7) is 6.45. The van der Waals surface area contributed by atoms with Gasteiger partial charge in [0.05, 0.1) is 0 Å². The minimum absolute atomic E-state index is 0.229. The number of halogens is 2. The Labute approximate surface area is 101 Å². The monoisotopic (exact) mass is 243 g/mol. The van der Waals surface area contributed by atoms with Crippen LogP contribution in [0.2, 0.25) is 10.0 Å². The summed E-state index contributed by atoms with van der Waals surface area (Å²) in [5, 5.41) is 1.33. The number of allylic oxidation sites excluding steroid dienone is 1. The topological polar surface area (TPSA) is 26.0 Å². The lowest BCUT2D eigenvalue weighted by Gasteiger charge is -2.16. The summed E-state index contributed by atoms with van der Waals surface area (Å²) in [5.74, 6) is 0.229. The maximum atomic E-state index is 6.12. The van der Waals surface area contributed by atoms with Gasteiger partial charge in [-0.25, -0.2) is 0 Å². The molecule has 0 aromatic heterocycles. The van der Waals surface area contributed by atoms with Crippen molar-refractivity contribution in [1.82, 2.24) is 0 Å². The van der Waals surface area contributed by atoms with Crippen molar-refractivity contribution in [1.29, 1.82) is 0 Å². The van der Waals surface area contributed by atoms with Crippen LogP contribution in [-0.2, 0) is 0 Å². The van der Waals surface area contributed by atoms with Gasteiger partial charge >= 0.3 is 0 Å². The molecule has 0 amide bonds. The third kappa shape index (κ3) is 3.53. The van der Waals surface area contributed by atoms with E-state index in [2.05, 4.69) is 6.58 Å². The second-order valence-electron chi connectivity index (χ2n) is 3.76. The fourth-order valence-electron chi connectivity index (χ4n) is 1.57. The van der Waals surface area contributed by atoms with Crippen LogP contribution in [0.25, 0.3) is 0 Å². The van der Waals surface area contributed by atoms with Crippen molar-refractivity contribution in [2.75, 3.05) is 6.54 Å². The van der Waals surface area contributed by atoms with Crippen molar-refractivity contribution in [3.05, 3.63) is 46.0 Å². The van der Waals surface area contributed by atoms with E-state index in [1.807, 2.05) is 19.1 Å². The van der Waals surface area contributed by atoms with Gasteiger partial charge in [0.2, 0.25) is 0 Å². The molecule has 0 aliphatic rings. The average Bonchev–Trinajstić information content (AvgIpc) is 2.14. The van der Waals surface area contributed by atoms with Crippen molar-refractivity contribution < 1.29 is 0 Å². The van der Waals surface area contributed by atoms with Gasteiger partial charge in [0.25, 0.3) is 0 Å². The molecular weight excluding hydrogens is 229 g/mol. The second-order valence-corrected chi connectivity index (χ2v) is 4.60. The molecule has 0 radical (unpaired) electrons. The SMILES string of the molecule is C=C(C)CC(CN)c1ccc(Cl)cc1Cl. The zero-order chi connectivity index (χ0) is 11.4. The molecule has 15 heavy (non-hydrogen) atoms. The predicted octanol–water partition coefficient (Wildman–Crippen LogP) is 4.00. The third-order valence-corrected chi connectivity index (χ3v) is 2.84. The first-order valence-electron chi connectivity index (χ1n) is 4.84. The predicted molar refractivity (Wildman–Crippen MR) is 67.7 cm³/mol. The van der Waals surface area contributed by atoms with Crippen molar-refractivity contribution in [3.63, 3.8) is 0 Å². The molecule has 0 bridgehead atoms. The molecule has 82 valence electrons. The molecule has 3 heteroatoms. The maximum Gasteiger partial charge on any atom is 0.0456 e. The van der Waals surface area contributed by atoms with E-state index in [1.54, 1.807) is 6.07 Å². The summed E-state index contributed by atoms with van der Waals surface area (Å²) in [4.78, 5) is 0. The normalized spacial score (nSPS) is 12.5. The zero-order valence-corrected chi connectivity index (χ0v) is 10.3. The average molecular weight is 244 g/mol. The molecule has 0 saturated carbocycles. The Bertz CT molecular complexity index is 361. The quantitative estimate of drug-likeness (QED) is 0.796. The van der Waals surface area contributed by atoms with Crippen LogP contribution in [0.3, 0.4) is 0 Å². The Balaban J connectivity index is 2.96. The van der Waals surface area contributed by atoms with Gasteiger partial charge in [-0.1, -0.05) is 34.8 Å². The summed E-state index contributed by atoms with van der Waals surface area (Å²) >= 11 is 12.0. The molecule has 0 aliphatic carbocycles. The molecule has 1 nitrogen and oxygen atoms in total. The van der Waals surface area contributed by atoms with Gasteiger partial charge in [-0.05, 0) is 37.6 Å². The van der Waals surface area contributed by atoms with Gasteiger partial charge in [-0.3, -0.25) is 0 Å². The van der Waals surface area contributed by atoms with Crippen molar-refractivity contribution in [3.8, 4) is 0 Å². The fourth-order valence-corrected chi connectivity index (χ4v) is 2.14. The van der Waals surface area contributed by atoms with E-state index in [-0.39, 0.29) is 5.92 Å². The smallest absolute Gasteiger partial charge is 0.0456 e. The summed E-state index contributed by atoms with van der Waals surface area (Å²) in [6, 6.07) is 5.52. The fraction of sp³-hybridized carbons (Fsp3) is 0.333. The van der Waals surface area contributed by atoms with Crippen LogP contribution < -0.4 is 5.73 Å². The van der Waals surface area contributed by atoms with Crippen LogP contribution in [0.5, 0.6) is 0 Å². The van der Waals surface area contributed by atoms with Gasteiger partial charge in [-0.2, -0.15) is 0 Å². The summed E-state index contributed by atoms with van der Waals surface area (Å²) in [7, 11) is 0. The molecular formula is C12H15Cl2N. The summed E-state index contributed by atoms with van der Waals surface area (Å²) < 4.78 is 0. The molecule has 0 spiro atoms. The van der Waals surface area contributed by atoms with E-state index in [9.17, 15) is 0 Å². The first-order chi connectivity index (χ1) is 7.04. The molecule has 1 aromatic rings. The molecule has 1 rings (SSSR count). The highest BCUT2D eigenvalue weighted by Gasteiger charge is 2.13. The molecule has 1 aromatic carbocycles. The number of hydrogen-bond donors (Lipinski definition) is 1. The molecule has 1 unspecified atom stereocenters. The number of benzene rings is 1. The van der Waals surface area contributed by atoms with E-state index in [0.717, 1.165) is 17.6 Å². The van der Waals surface area contributed by atoms with Crippen molar-refractivity contribution in [2.45, 2.75) is 19.3 Å². The largest absolute Gasteiger partial charge is 0.330 e. The third-order valence-electron chi connectivity index (χ3n) is 2.28. The van der Waals surface area contributed by atoms with E-state index in [4.69, 9.17) is 28.9 Å². The highest BCUT2D eigenvalue weighted by atomic mass is 35.5. The van der Waals surface area contributed by atoms with Crippen molar-refractivity contribution >= 4 is 23.2 Å². The van der Waals surface area contributed by atoms with Gasteiger partial charge in [0, 0.05) is 16.0 Å². The lowest BCUT2D eigenvalue weighted by Crippen LogP contribution is -2.13. The van der Waals surface area contributed by atoms with Crippen LogP contribution in [-0.4, -0.2) is 6.54 Å². The molecule has 2 N–H and O–H groups in total. The highest BCUT2D eigenvalue weighted by Crippen LogP contribution is 2.30. The highest BCUT2D eigenvalue weighted by molar-refractivity contribution is 6.35. The molecule has 0 heterocycles. The van der Waals surface area contributed by atoms with Gasteiger partial charge in [0.1, 0.15) is 0 Å². The standard InChI is InChI=1S/C12H15Cl2N/c1-8(2)5-9(7-15)11-4-3-10(13)6-12(11)14/h3-4,6,9H,1,5,7,15H2,2H3. The van der Waals surface area contributed by atoms with E-state index >= 15 is 0 Å². The lowest BCUT2D eigenvalue weighted by atomic mass is 9.93. The molecule has 0 aliphatic heterocycles. The van der Waals surface area contributed by atoms with Crippen LogP contribution in [0.4, 0.5) is 0 Å². The minimum Gasteiger partial charge on any atom is -0.330 e. The minimum atomic E-state index is 0.229.